The van der Waals surface area contributed by atoms with Crippen molar-refractivity contribution in [1.29, 1.82) is 0 Å². The van der Waals surface area contributed by atoms with Gasteiger partial charge in [-0.05, 0) is 49.9 Å². The molecule has 1 atom stereocenters. The predicted molar refractivity (Wildman–Crippen MR) is 118 cm³/mol. The number of carbonyl (C=O) groups excluding carboxylic acids is 1. The monoisotopic (exact) mass is 454 g/mol. The molecule has 32 heavy (non-hydrogen) atoms. The molecule has 0 aliphatic heterocycles. The first kappa shape index (κ1) is 20.9. The third kappa shape index (κ3) is 3.95. The standard InChI is InChI=1S/C22H23FN6O2S/c23-15-3-1-10-24-20(15)22(8-2-9-22)12-25-18-7-5-16(28-29-18)21-27-19-14(11-31-26-13-30)4-6-17(19)32-21/h1,3,5,7,10,13-14H,2,4,6,8-9,11-12H2,(H,25,29)(H,26,30). The fourth-order valence-corrected chi connectivity index (χ4v) is 5.56. The number of hydrogen-bond acceptors (Lipinski definition) is 8. The van der Waals surface area contributed by atoms with Crippen molar-refractivity contribution in [2.24, 2.45) is 0 Å². The fourth-order valence-electron chi connectivity index (χ4n) is 4.44. The molecule has 0 saturated heterocycles. The van der Waals surface area contributed by atoms with Crippen molar-refractivity contribution in [3.05, 3.63) is 52.5 Å². The number of halogens is 1. The van der Waals surface area contributed by atoms with Crippen molar-refractivity contribution >= 4 is 23.6 Å². The van der Waals surface area contributed by atoms with E-state index in [4.69, 9.17) is 9.82 Å². The van der Waals surface area contributed by atoms with Crippen molar-refractivity contribution in [1.82, 2.24) is 25.6 Å². The van der Waals surface area contributed by atoms with E-state index in [2.05, 4.69) is 26.0 Å². The zero-order chi connectivity index (χ0) is 22.0. The van der Waals surface area contributed by atoms with Crippen LogP contribution in [0.15, 0.2) is 30.5 Å². The van der Waals surface area contributed by atoms with Gasteiger partial charge in [-0.1, -0.05) is 6.42 Å². The maximum absolute atomic E-state index is 14.3. The quantitative estimate of drug-likeness (QED) is 0.290. The van der Waals surface area contributed by atoms with Gasteiger partial charge in [0.1, 0.15) is 22.3 Å². The summed E-state index contributed by atoms with van der Waals surface area (Å²) in [4.78, 5) is 25.8. The van der Waals surface area contributed by atoms with Crippen LogP contribution in [0.2, 0.25) is 0 Å². The molecule has 0 aromatic carbocycles. The molecule has 2 aliphatic rings. The first-order valence-corrected chi connectivity index (χ1v) is 11.5. The van der Waals surface area contributed by atoms with Crippen LogP contribution in [0.25, 0.3) is 10.7 Å². The Morgan fingerprint density at radius 1 is 1.28 bits per heavy atom. The number of nitrogens with one attached hydrogen (secondary N) is 2. The zero-order valence-electron chi connectivity index (χ0n) is 17.4. The molecule has 0 radical (unpaired) electrons. The van der Waals surface area contributed by atoms with Crippen LogP contribution in [0.4, 0.5) is 10.2 Å². The van der Waals surface area contributed by atoms with Crippen LogP contribution in [0.1, 0.15) is 47.9 Å². The molecule has 1 fully saturated rings. The van der Waals surface area contributed by atoms with Crippen LogP contribution < -0.4 is 10.8 Å². The smallest absolute Gasteiger partial charge is 0.230 e. The van der Waals surface area contributed by atoms with E-state index in [0.717, 1.165) is 48.5 Å². The van der Waals surface area contributed by atoms with Crippen molar-refractivity contribution in [3.63, 3.8) is 0 Å². The minimum atomic E-state index is -0.294. The third-order valence-electron chi connectivity index (χ3n) is 6.31. The summed E-state index contributed by atoms with van der Waals surface area (Å²) in [6.07, 6.45) is 6.94. The topological polar surface area (TPSA) is 102 Å². The molecule has 10 heteroatoms. The second-order valence-electron chi connectivity index (χ2n) is 8.23. The summed E-state index contributed by atoms with van der Waals surface area (Å²) in [5.74, 6) is 0.562. The summed E-state index contributed by atoms with van der Waals surface area (Å²) in [5, 5.41) is 12.8. The van der Waals surface area contributed by atoms with E-state index in [1.807, 2.05) is 12.1 Å². The number of aryl methyl sites for hydroxylation is 1. The van der Waals surface area contributed by atoms with E-state index in [1.54, 1.807) is 23.6 Å². The molecule has 0 spiro atoms. The minimum Gasteiger partial charge on any atom is -0.368 e. The lowest BCUT2D eigenvalue weighted by Crippen LogP contribution is -2.42. The number of hydroxylamine groups is 1. The molecule has 1 saturated carbocycles. The van der Waals surface area contributed by atoms with Gasteiger partial charge in [0.25, 0.3) is 0 Å². The van der Waals surface area contributed by atoms with Gasteiger partial charge in [-0.2, -0.15) is 0 Å². The van der Waals surface area contributed by atoms with Crippen molar-refractivity contribution in [2.45, 2.75) is 43.4 Å². The molecule has 8 nitrogen and oxygen atoms in total. The molecule has 166 valence electrons. The summed E-state index contributed by atoms with van der Waals surface area (Å²) < 4.78 is 14.3. The molecule has 3 heterocycles. The Morgan fingerprint density at radius 3 is 2.91 bits per heavy atom. The van der Waals surface area contributed by atoms with Gasteiger partial charge in [0.2, 0.25) is 6.41 Å². The van der Waals surface area contributed by atoms with E-state index >= 15 is 0 Å². The second kappa shape index (κ2) is 8.87. The van der Waals surface area contributed by atoms with Crippen molar-refractivity contribution in [2.75, 3.05) is 18.5 Å². The summed E-state index contributed by atoms with van der Waals surface area (Å²) in [5.41, 5.74) is 4.21. The van der Waals surface area contributed by atoms with Gasteiger partial charge in [0.05, 0.1) is 18.0 Å². The zero-order valence-corrected chi connectivity index (χ0v) is 18.2. The van der Waals surface area contributed by atoms with E-state index in [-0.39, 0.29) is 17.2 Å². The molecule has 5 rings (SSSR count). The first-order valence-electron chi connectivity index (χ1n) is 10.7. The van der Waals surface area contributed by atoms with Crippen LogP contribution in [0, 0.1) is 5.82 Å². The Bertz CT molecular complexity index is 1100. The first-order chi connectivity index (χ1) is 15.7. The number of amides is 1. The molecule has 1 unspecified atom stereocenters. The average Bonchev–Trinajstić information content (AvgIpc) is 3.36. The van der Waals surface area contributed by atoms with E-state index in [9.17, 15) is 9.18 Å². The maximum atomic E-state index is 14.3. The lowest BCUT2D eigenvalue weighted by atomic mass is 9.66. The number of rotatable bonds is 9. The summed E-state index contributed by atoms with van der Waals surface area (Å²) in [6.45, 7) is 0.971. The summed E-state index contributed by atoms with van der Waals surface area (Å²) >= 11 is 1.62. The number of hydrogen-bond donors (Lipinski definition) is 2. The highest BCUT2D eigenvalue weighted by atomic mass is 32.1. The summed E-state index contributed by atoms with van der Waals surface area (Å²) in [7, 11) is 0. The van der Waals surface area contributed by atoms with Crippen LogP contribution >= 0.6 is 11.3 Å². The van der Waals surface area contributed by atoms with Gasteiger partial charge in [-0.15, -0.1) is 21.5 Å². The number of pyridine rings is 1. The average molecular weight is 455 g/mol. The van der Waals surface area contributed by atoms with Gasteiger partial charge in [0.15, 0.2) is 0 Å². The van der Waals surface area contributed by atoms with Crippen LogP contribution in [0.5, 0.6) is 0 Å². The maximum Gasteiger partial charge on any atom is 0.230 e. The van der Waals surface area contributed by atoms with Gasteiger partial charge in [0, 0.05) is 29.0 Å². The van der Waals surface area contributed by atoms with Gasteiger partial charge in [-0.3, -0.25) is 14.6 Å². The SMILES string of the molecule is O=CNOCC1CCc2sc(-c3ccc(NCC4(c5ncccc5F)CCC4)nn3)nc21. The van der Waals surface area contributed by atoms with E-state index < -0.39 is 0 Å². The number of aromatic nitrogens is 4. The third-order valence-corrected chi connectivity index (χ3v) is 7.47. The fraction of sp³-hybridized carbons (Fsp3) is 0.409. The highest BCUT2D eigenvalue weighted by Crippen LogP contribution is 2.44. The van der Waals surface area contributed by atoms with Gasteiger partial charge < -0.3 is 5.32 Å². The molecule has 1 amide bonds. The number of carbonyl (C=O) groups is 1. The highest BCUT2D eigenvalue weighted by molar-refractivity contribution is 7.15. The Balaban J connectivity index is 1.25. The number of thiazole rings is 1. The van der Waals surface area contributed by atoms with Crippen molar-refractivity contribution < 1.29 is 14.0 Å². The highest BCUT2D eigenvalue weighted by Gasteiger charge is 2.41. The molecular weight excluding hydrogens is 431 g/mol. The molecule has 0 bridgehead atoms. The lowest BCUT2D eigenvalue weighted by Gasteiger charge is -2.41. The van der Waals surface area contributed by atoms with Gasteiger partial charge >= 0.3 is 0 Å². The predicted octanol–water partition coefficient (Wildman–Crippen LogP) is 3.38. The van der Waals surface area contributed by atoms with E-state index in [0.29, 0.717) is 31.1 Å². The second-order valence-corrected chi connectivity index (χ2v) is 9.32. The Hall–Kier alpha value is -2.98. The molecule has 2 aliphatic carbocycles. The van der Waals surface area contributed by atoms with E-state index in [1.165, 1.54) is 10.9 Å². The van der Waals surface area contributed by atoms with Crippen LogP contribution in [-0.2, 0) is 21.5 Å². The minimum absolute atomic E-state index is 0.169. The van der Waals surface area contributed by atoms with Crippen molar-refractivity contribution in [3.8, 4) is 10.7 Å². The number of fused-ring (bicyclic) bond motifs is 1. The molecule has 3 aromatic heterocycles. The Morgan fingerprint density at radius 2 is 2.19 bits per heavy atom. The Labute approximate surface area is 188 Å². The number of anilines is 1. The molecular formula is C22H23FN6O2S. The summed E-state index contributed by atoms with van der Waals surface area (Å²) in [6, 6.07) is 6.87. The molecule has 2 N–H and O–H groups in total. The largest absolute Gasteiger partial charge is 0.368 e. The molecule has 3 aromatic rings. The Kier molecular flexibility index (Phi) is 5.79. The van der Waals surface area contributed by atoms with Crippen LogP contribution in [-0.4, -0.2) is 39.7 Å². The number of nitrogens with zero attached hydrogens (tertiary/aromatic N) is 4. The van der Waals surface area contributed by atoms with Crippen LogP contribution in [0.3, 0.4) is 0 Å². The van der Waals surface area contributed by atoms with Gasteiger partial charge in [-0.25, -0.2) is 14.9 Å². The lowest BCUT2D eigenvalue weighted by molar-refractivity contribution is -0.121. The normalized spacial score (nSPS) is 18.6.